The lowest BCUT2D eigenvalue weighted by Crippen LogP contribution is -2.25. The highest BCUT2D eigenvalue weighted by atomic mass is 15.1. The number of nitrogens with zero attached hydrogens (tertiary/aromatic N) is 1. The van der Waals surface area contributed by atoms with Crippen LogP contribution in [0.25, 0.3) is 55.6 Å². The summed E-state index contributed by atoms with van der Waals surface area (Å²) < 4.78 is 0. The van der Waals surface area contributed by atoms with Gasteiger partial charge in [-0.25, -0.2) is 0 Å². The molecule has 0 N–H and O–H groups in total. The van der Waals surface area contributed by atoms with E-state index in [9.17, 15) is 0 Å². The van der Waals surface area contributed by atoms with E-state index in [0.717, 1.165) is 6.42 Å². The zero-order valence-electron chi connectivity index (χ0n) is 48.2. The molecule has 3 aliphatic rings. The highest BCUT2D eigenvalue weighted by Gasteiger charge is 2.44. The van der Waals surface area contributed by atoms with Crippen LogP contribution in [-0.4, -0.2) is 0 Å². The van der Waals surface area contributed by atoms with Crippen LogP contribution in [0, 0.1) is 6.92 Å². The Hall–Kier alpha value is -6.44. The van der Waals surface area contributed by atoms with Crippen molar-refractivity contribution < 1.29 is 0 Å². The molecule has 0 aliphatic heterocycles. The number of anilines is 3. The average Bonchev–Trinajstić information content (AvgIpc) is 4.08. The van der Waals surface area contributed by atoms with Gasteiger partial charge < -0.3 is 4.90 Å². The maximum atomic E-state index is 2.61. The Labute approximate surface area is 470 Å². The minimum atomic E-state index is 0.000240. The van der Waals surface area contributed by atoms with Gasteiger partial charge in [0.05, 0.1) is 0 Å². The first kappa shape index (κ1) is 53.6. The summed E-state index contributed by atoms with van der Waals surface area (Å²) in [7, 11) is 0. The second kappa shape index (κ2) is 24.3. The monoisotopic (exact) mass is 1030 g/mol. The summed E-state index contributed by atoms with van der Waals surface area (Å²) in [5.74, 6) is 0. The first-order chi connectivity index (χ1) is 38.4. The van der Waals surface area contributed by atoms with Gasteiger partial charge in [-0.15, -0.1) is 0 Å². The minimum Gasteiger partial charge on any atom is -0.310 e. The van der Waals surface area contributed by atoms with Crippen molar-refractivity contribution in [2.45, 2.75) is 187 Å². The molecule has 1 nitrogen and oxygen atoms in total. The number of unbranched alkanes of at least 4 members (excludes halogenated alkanes) is 12. The molecule has 3 aliphatic carbocycles. The molecule has 0 atom stereocenters. The van der Waals surface area contributed by atoms with Crippen LogP contribution in [0.5, 0.6) is 0 Å². The molecule has 0 bridgehead atoms. The Morgan fingerprint density at radius 2 is 0.667 bits per heavy atom. The van der Waals surface area contributed by atoms with E-state index in [0.29, 0.717) is 0 Å². The molecule has 8 aromatic carbocycles. The third-order valence-electron chi connectivity index (χ3n) is 18.8. The van der Waals surface area contributed by atoms with E-state index in [1.54, 1.807) is 22.3 Å². The van der Waals surface area contributed by atoms with Gasteiger partial charge in [-0.2, -0.15) is 0 Å². The first-order valence-electron chi connectivity index (χ1n) is 31.1. The molecule has 0 saturated heterocycles. The fraction of sp³-hybridized carbons (Fsp3) is 0.377. The number of aryl methyl sites for hydroxylation is 3. The summed E-state index contributed by atoms with van der Waals surface area (Å²) in [5, 5.41) is 0. The molecule has 8 aromatic rings. The Kier molecular flexibility index (Phi) is 16.7. The van der Waals surface area contributed by atoms with Crippen LogP contribution in [0.2, 0.25) is 0 Å². The van der Waals surface area contributed by atoms with Crippen LogP contribution in [0.4, 0.5) is 17.1 Å². The lowest BCUT2D eigenvalue weighted by atomic mass is 9.70. The molecular formula is C77H87N. The summed E-state index contributed by atoms with van der Waals surface area (Å²) in [6.07, 6.45) is 27.8. The minimum absolute atomic E-state index is 0.000240. The first-order valence-corrected chi connectivity index (χ1v) is 31.1. The fourth-order valence-electron chi connectivity index (χ4n) is 14.4. The third-order valence-corrected chi connectivity index (χ3v) is 18.8. The van der Waals surface area contributed by atoms with Crippen LogP contribution in [-0.2, 0) is 23.7 Å². The Bertz CT molecular complexity index is 3270. The number of fused-ring (bicyclic) bond motifs is 7. The van der Waals surface area contributed by atoms with Gasteiger partial charge in [0.1, 0.15) is 0 Å². The highest BCUT2D eigenvalue weighted by Crippen LogP contribution is 2.57. The Morgan fingerprint density at radius 3 is 1.05 bits per heavy atom. The predicted molar refractivity (Wildman–Crippen MR) is 337 cm³/mol. The van der Waals surface area contributed by atoms with Gasteiger partial charge in [-0.3, -0.25) is 0 Å². The van der Waals surface area contributed by atoms with Crippen molar-refractivity contribution in [3.05, 3.63) is 209 Å². The van der Waals surface area contributed by atoms with Gasteiger partial charge in [0.15, 0.2) is 0 Å². The molecule has 0 amide bonds. The fourth-order valence-corrected chi connectivity index (χ4v) is 14.4. The summed E-state index contributed by atoms with van der Waals surface area (Å²) in [6, 6.07) is 66.9. The van der Waals surface area contributed by atoms with Crippen LogP contribution < -0.4 is 4.90 Å². The topological polar surface area (TPSA) is 3.24 Å². The van der Waals surface area contributed by atoms with Gasteiger partial charge in [0, 0.05) is 27.9 Å². The van der Waals surface area contributed by atoms with Crippen LogP contribution in [0.1, 0.15) is 195 Å². The zero-order valence-corrected chi connectivity index (χ0v) is 48.2. The molecular weight excluding hydrogens is 939 g/mol. The largest absolute Gasteiger partial charge is 0.310 e. The molecule has 0 saturated carbocycles. The van der Waals surface area contributed by atoms with Gasteiger partial charge in [0.2, 0.25) is 0 Å². The quantitative estimate of drug-likeness (QED) is 0.0489. The van der Waals surface area contributed by atoms with E-state index in [1.165, 1.54) is 224 Å². The molecule has 0 spiro atoms. The van der Waals surface area contributed by atoms with Gasteiger partial charge >= 0.3 is 0 Å². The van der Waals surface area contributed by atoms with E-state index < -0.39 is 0 Å². The van der Waals surface area contributed by atoms with E-state index in [1.807, 2.05) is 0 Å². The van der Waals surface area contributed by atoms with Gasteiger partial charge in [0.25, 0.3) is 0 Å². The van der Waals surface area contributed by atoms with Crippen molar-refractivity contribution in [1.82, 2.24) is 0 Å². The standard InChI is InChI=1S/C77H87N/c1-6-10-14-21-47-76(48-22-15-11-7-2)72-51-56(5)27-43-68(72)69-45-36-63(54-73(69)76)59-30-38-65(39-31-59)78(67-42-34-58-28-29-61(58)52-67)66-40-32-60(33-41-66)64-37-46-71-70-44-35-62(57-25-19-18-20-26-57)53-74(70)77(75(71)55-64,49-23-16-12-8-3)50-24-17-13-9-4/h18-20,25-27,30-46,51-55H,6-17,21-24,28-29,47-50H2,1-5H3. The third kappa shape index (κ3) is 10.6. The van der Waals surface area contributed by atoms with Crippen molar-refractivity contribution in [3.8, 4) is 55.6 Å². The lowest BCUT2D eigenvalue weighted by molar-refractivity contribution is 0.401. The molecule has 78 heavy (non-hydrogen) atoms. The summed E-state index contributed by atoms with van der Waals surface area (Å²) in [6.45, 7) is 11.6. The average molecular weight is 1030 g/mol. The van der Waals surface area contributed by atoms with E-state index in [-0.39, 0.29) is 10.8 Å². The highest BCUT2D eigenvalue weighted by molar-refractivity contribution is 5.88. The lowest BCUT2D eigenvalue weighted by Gasteiger charge is -2.33. The molecule has 0 fully saturated rings. The molecule has 0 radical (unpaired) electrons. The smallest absolute Gasteiger partial charge is 0.0464 e. The number of hydrogen-bond donors (Lipinski definition) is 0. The Balaban J connectivity index is 0.932. The van der Waals surface area contributed by atoms with E-state index in [4.69, 9.17) is 0 Å². The number of benzene rings is 8. The Morgan fingerprint density at radius 1 is 0.308 bits per heavy atom. The van der Waals surface area contributed by atoms with Crippen molar-refractivity contribution in [2.24, 2.45) is 0 Å². The zero-order chi connectivity index (χ0) is 53.5. The molecule has 0 unspecified atom stereocenters. The summed E-state index contributed by atoms with van der Waals surface area (Å²) in [4.78, 5) is 2.49. The van der Waals surface area contributed by atoms with Crippen molar-refractivity contribution in [1.29, 1.82) is 0 Å². The number of hydrogen-bond acceptors (Lipinski definition) is 1. The molecule has 400 valence electrons. The van der Waals surface area contributed by atoms with Gasteiger partial charge in [-0.05, 0) is 189 Å². The molecule has 1 heteroatoms. The van der Waals surface area contributed by atoms with Crippen molar-refractivity contribution in [2.75, 3.05) is 4.90 Å². The predicted octanol–water partition coefficient (Wildman–Crippen LogP) is 23.0. The second-order valence-corrected chi connectivity index (χ2v) is 24.0. The molecule has 0 aromatic heterocycles. The maximum absolute atomic E-state index is 2.61. The van der Waals surface area contributed by atoms with Crippen LogP contribution in [0.3, 0.4) is 0 Å². The second-order valence-electron chi connectivity index (χ2n) is 24.0. The summed E-state index contributed by atoms with van der Waals surface area (Å²) >= 11 is 0. The SMILES string of the molecule is CCCCCCC1(CCCCCC)c2cc(C)ccc2-c2ccc(-c3ccc(N(c4ccc(-c5ccc6c(c5)C(CCCCCC)(CCCCCC)c5cc(-c7ccccc7)ccc5-6)cc4)c4ccc5c(c4)CC5)cc3)cc21. The summed E-state index contributed by atoms with van der Waals surface area (Å²) in [5.41, 5.74) is 27.9. The number of rotatable bonds is 26. The van der Waals surface area contributed by atoms with E-state index >= 15 is 0 Å². The van der Waals surface area contributed by atoms with E-state index in [2.05, 4.69) is 209 Å². The molecule has 0 heterocycles. The maximum Gasteiger partial charge on any atom is 0.0464 e. The van der Waals surface area contributed by atoms with Crippen molar-refractivity contribution >= 4 is 17.1 Å². The normalized spacial score (nSPS) is 14.1. The molecule has 11 rings (SSSR count). The van der Waals surface area contributed by atoms with Crippen LogP contribution in [0.15, 0.2) is 170 Å². The van der Waals surface area contributed by atoms with Crippen LogP contribution >= 0.6 is 0 Å². The van der Waals surface area contributed by atoms with Crippen molar-refractivity contribution in [3.63, 3.8) is 0 Å². The van der Waals surface area contributed by atoms with Gasteiger partial charge in [-0.1, -0.05) is 251 Å².